The summed E-state index contributed by atoms with van der Waals surface area (Å²) in [5.41, 5.74) is 5.96. The number of hydrogen-bond acceptors (Lipinski definition) is 6. The van der Waals surface area contributed by atoms with Crippen molar-refractivity contribution in [2.75, 3.05) is 26.2 Å². The first-order chi connectivity index (χ1) is 14.5. The van der Waals surface area contributed by atoms with Gasteiger partial charge in [-0.1, -0.05) is 31.9 Å². The maximum Gasteiger partial charge on any atom is 0.407 e. The second-order valence-corrected chi connectivity index (χ2v) is 8.85. The molecule has 3 N–H and O–H groups in total. The third kappa shape index (κ3) is 8.83. The lowest BCUT2D eigenvalue weighted by Gasteiger charge is -2.26. The summed E-state index contributed by atoms with van der Waals surface area (Å²) in [6, 6.07) is 7.86. The number of alkyl carbamates (subject to hydrolysis) is 1. The topological polar surface area (TPSA) is 93.9 Å². The Kier molecular flexibility index (Phi) is 10.9. The van der Waals surface area contributed by atoms with E-state index in [1.54, 1.807) is 6.92 Å². The van der Waals surface area contributed by atoms with Crippen LogP contribution in [-0.2, 0) is 16.1 Å². The summed E-state index contributed by atoms with van der Waals surface area (Å²) in [5.74, 6) is 0.105. The van der Waals surface area contributed by atoms with Gasteiger partial charge in [0.15, 0.2) is 0 Å². The lowest BCUT2D eigenvalue weighted by atomic mass is 10.1. The van der Waals surface area contributed by atoms with Crippen LogP contribution in [0.5, 0.6) is 5.75 Å². The highest BCUT2D eigenvalue weighted by molar-refractivity contribution is 8.01. The Hall–Kier alpha value is -1.93. The number of carbonyl (C=O) groups excluding carboxylic acids is 2. The average molecular weight is 438 g/mol. The molecule has 2 atom stereocenters. The van der Waals surface area contributed by atoms with Gasteiger partial charge in [0.25, 0.3) is 5.91 Å². The summed E-state index contributed by atoms with van der Waals surface area (Å²) >= 11 is 1.34. The molecule has 1 aliphatic heterocycles. The van der Waals surface area contributed by atoms with Gasteiger partial charge in [0.1, 0.15) is 5.75 Å². The van der Waals surface area contributed by atoms with E-state index in [4.69, 9.17) is 15.2 Å². The number of ether oxygens (including phenoxy) is 2. The molecule has 1 heterocycles. The standard InChI is InChI=1S/C22H35N3O4S/c1-3-9-19(15-24-22(27)28-4-2)30-21(20(23)26)29-18-11-8-10-17(14-18)16-25-12-6-5-7-13-25/h8,10-11,14,19,21H,3-7,9,12-13,15-16H2,1-2H3,(H2,23,26)(H,24,27). The van der Waals surface area contributed by atoms with Crippen molar-refractivity contribution in [1.82, 2.24) is 10.2 Å². The Morgan fingerprint density at radius 3 is 2.67 bits per heavy atom. The van der Waals surface area contributed by atoms with E-state index in [9.17, 15) is 9.59 Å². The minimum atomic E-state index is -0.823. The Bertz CT molecular complexity index is 668. The zero-order chi connectivity index (χ0) is 21.8. The fraction of sp³-hybridized carbons (Fsp3) is 0.636. The molecule has 1 aromatic rings. The molecule has 30 heavy (non-hydrogen) atoms. The van der Waals surface area contributed by atoms with E-state index >= 15 is 0 Å². The molecule has 0 spiro atoms. The average Bonchev–Trinajstić information content (AvgIpc) is 2.73. The summed E-state index contributed by atoms with van der Waals surface area (Å²) in [5, 5.41) is 2.73. The number of nitrogens with one attached hydrogen (secondary N) is 1. The van der Waals surface area contributed by atoms with Crippen LogP contribution in [0.25, 0.3) is 0 Å². The first-order valence-corrected chi connectivity index (χ1v) is 11.8. The molecule has 0 aliphatic carbocycles. The zero-order valence-electron chi connectivity index (χ0n) is 18.1. The summed E-state index contributed by atoms with van der Waals surface area (Å²) in [4.78, 5) is 26.1. The van der Waals surface area contributed by atoms with Crippen LogP contribution in [-0.4, -0.2) is 53.8 Å². The van der Waals surface area contributed by atoms with Gasteiger partial charge in [0.2, 0.25) is 5.44 Å². The maximum atomic E-state index is 12.0. The number of thioether (sulfide) groups is 1. The molecule has 0 bridgehead atoms. The highest BCUT2D eigenvalue weighted by Crippen LogP contribution is 2.26. The quantitative estimate of drug-likeness (QED) is 0.486. The monoisotopic (exact) mass is 437 g/mol. The van der Waals surface area contributed by atoms with Gasteiger partial charge >= 0.3 is 6.09 Å². The van der Waals surface area contributed by atoms with E-state index in [0.29, 0.717) is 18.9 Å². The Morgan fingerprint density at radius 2 is 2.00 bits per heavy atom. The number of carbonyl (C=O) groups is 2. The van der Waals surface area contributed by atoms with Crippen molar-refractivity contribution in [1.29, 1.82) is 0 Å². The molecule has 0 aromatic heterocycles. The van der Waals surface area contributed by atoms with E-state index in [0.717, 1.165) is 38.0 Å². The molecule has 1 aliphatic rings. The number of likely N-dealkylation sites (tertiary alicyclic amines) is 1. The summed E-state index contributed by atoms with van der Waals surface area (Å²) in [6.07, 6.45) is 5.07. The largest absolute Gasteiger partial charge is 0.470 e. The van der Waals surface area contributed by atoms with Crippen LogP contribution in [0.3, 0.4) is 0 Å². The SMILES string of the molecule is CCCC(CNC(=O)OCC)SC(Oc1cccc(CN2CCCCC2)c1)C(N)=O. The van der Waals surface area contributed by atoms with Crippen molar-refractivity contribution >= 4 is 23.8 Å². The summed E-state index contributed by atoms with van der Waals surface area (Å²) in [6.45, 7) is 7.65. The van der Waals surface area contributed by atoms with E-state index in [1.165, 1.54) is 31.0 Å². The molecule has 1 saturated heterocycles. The van der Waals surface area contributed by atoms with Crippen molar-refractivity contribution in [2.45, 2.75) is 63.2 Å². The van der Waals surface area contributed by atoms with Gasteiger partial charge in [-0.05, 0) is 57.0 Å². The minimum Gasteiger partial charge on any atom is -0.470 e. The number of hydrogen-bond donors (Lipinski definition) is 2. The van der Waals surface area contributed by atoms with Crippen LogP contribution < -0.4 is 15.8 Å². The maximum absolute atomic E-state index is 12.0. The van der Waals surface area contributed by atoms with E-state index in [1.807, 2.05) is 18.2 Å². The van der Waals surface area contributed by atoms with Crippen molar-refractivity contribution in [3.05, 3.63) is 29.8 Å². The molecule has 1 aromatic carbocycles. The summed E-state index contributed by atoms with van der Waals surface area (Å²) in [7, 11) is 0. The second-order valence-electron chi connectivity index (χ2n) is 7.48. The van der Waals surface area contributed by atoms with Crippen LogP contribution in [0.2, 0.25) is 0 Å². The molecular formula is C22H35N3O4S. The highest BCUT2D eigenvalue weighted by atomic mass is 32.2. The second kappa shape index (κ2) is 13.4. The Morgan fingerprint density at radius 1 is 1.23 bits per heavy atom. The molecule has 7 nitrogen and oxygen atoms in total. The van der Waals surface area contributed by atoms with Crippen LogP contribution in [0.1, 0.15) is 51.5 Å². The molecular weight excluding hydrogens is 402 g/mol. The third-order valence-electron chi connectivity index (χ3n) is 4.90. The first kappa shape index (κ1) is 24.3. The van der Waals surface area contributed by atoms with Crippen LogP contribution in [0, 0.1) is 0 Å². The lowest BCUT2D eigenvalue weighted by molar-refractivity contribution is -0.121. The van der Waals surface area contributed by atoms with E-state index in [2.05, 4.69) is 23.2 Å². The van der Waals surface area contributed by atoms with Crippen molar-refractivity contribution in [2.24, 2.45) is 5.73 Å². The van der Waals surface area contributed by atoms with Gasteiger partial charge in [0.05, 0.1) is 6.61 Å². The lowest BCUT2D eigenvalue weighted by Crippen LogP contribution is -2.37. The van der Waals surface area contributed by atoms with E-state index < -0.39 is 17.4 Å². The number of amides is 2. The fourth-order valence-electron chi connectivity index (χ4n) is 3.46. The minimum absolute atomic E-state index is 0.00608. The smallest absolute Gasteiger partial charge is 0.407 e. The van der Waals surface area contributed by atoms with Gasteiger partial charge < -0.3 is 20.5 Å². The van der Waals surface area contributed by atoms with Gasteiger partial charge in [-0.15, -0.1) is 11.8 Å². The highest BCUT2D eigenvalue weighted by Gasteiger charge is 2.24. The van der Waals surface area contributed by atoms with Crippen LogP contribution in [0.15, 0.2) is 24.3 Å². The van der Waals surface area contributed by atoms with Crippen molar-refractivity contribution in [3.8, 4) is 5.75 Å². The number of rotatable bonds is 12. The van der Waals surface area contributed by atoms with Crippen LogP contribution in [0.4, 0.5) is 4.79 Å². The predicted octanol–water partition coefficient (Wildman–Crippen LogP) is 3.51. The number of piperidine rings is 1. The normalized spacial score (nSPS) is 16.5. The Labute approximate surface area is 184 Å². The zero-order valence-corrected chi connectivity index (χ0v) is 18.9. The summed E-state index contributed by atoms with van der Waals surface area (Å²) < 4.78 is 10.9. The number of primary amides is 1. The van der Waals surface area contributed by atoms with Gasteiger partial charge in [0, 0.05) is 18.3 Å². The third-order valence-corrected chi connectivity index (χ3v) is 6.27. The molecule has 168 valence electrons. The molecule has 0 saturated carbocycles. The number of nitrogens with two attached hydrogens (primary N) is 1. The van der Waals surface area contributed by atoms with E-state index in [-0.39, 0.29) is 5.25 Å². The van der Waals surface area contributed by atoms with Crippen molar-refractivity contribution < 1.29 is 19.1 Å². The number of benzene rings is 1. The van der Waals surface area contributed by atoms with Gasteiger partial charge in [-0.3, -0.25) is 9.69 Å². The molecule has 2 rings (SSSR count). The van der Waals surface area contributed by atoms with Gasteiger partial charge in [-0.2, -0.15) is 0 Å². The number of nitrogens with zero attached hydrogens (tertiary/aromatic N) is 1. The first-order valence-electron chi connectivity index (χ1n) is 10.8. The molecule has 8 heteroatoms. The molecule has 0 radical (unpaired) electrons. The van der Waals surface area contributed by atoms with Crippen LogP contribution >= 0.6 is 11.8 Å². The Balaban J connectivity index is 1.96. The molecule has 2 unspecified atom stereocenters. The fourth-order valence-corrected chi connectivity index (χ4v) is 4.67. The van der Waals surface area contributed by atoms with Gasteiger partial charge in [-0.25, -0.2) is 4.79 Å². The predicted molar refractivity (Wildman–Crippen MR) is 120 cm³/mol. The molecule has 2 amide bonds. The van der Waals surface area contributed by atoms with Crippen molar-refractivity contribution in [3.63, 3.8) is 0 Å². The molecule has 1 fully saturated rings.